The van der Waals surface area contributed by atoms with Crippen LogP contribution in [0.4, 0.5) is 5.82 Å². The Labute approximate surface area is 154 Å². The fourth-order valence-electron chi connectivity index (χ4n) is 3.40. The number of unbranched alkanes of at least 4 members (excludes halogenated alkanes) is 1. The molecule has 1 aliphatic rings. The van der Waals surface area contributed by atoms with Crippen molar-refractivity contribution in [1.29, 1.82) is 0 Å². The number of benzene rings is 2. The van der Waals surface area contributed by atoms with Gasteiger partial charge in [0.05, 0.1) is 18.5 Å². The second kappa shape index (κ2) is 7.65. The highest BCUT2D eigenvalue weighted by Gasteiger charge is 2.20. The monoisotopic (exact) mass is 347 g/mol. The lowest BCUT2D eigenvalue weighted by Crippen LogP contribution is -2.15. The van der Waals surface area contributed by atoms with Gasteiger partial charge in [0.25, 0.3) is 0 Å². The van der Waals surface area contributed by atoms with Gasteiger partial charge in [-0.15, -0.1) is 0 Å². The highest BCUT2D eigenvalue weighted by atomic mass is 16.5. The lowest BCUT2D eigenvalue weighted by atomic mass is 10.0. The molecule has 4 heteroatoms. The van der Waals surface area contributed by atoms with Crippen LogP contribution in [0.1, 0.15) is 36.7 Å². The molecule has 0 unspecified atom stereocenters. The van der Waals surface area contributed by atoms with Crippen LogP contribution in [0, 0.1) is 0 Å². The van der Waals surface area contributed by atoms with Crippen LogP contribution in [0.25, 0.3) is 5.69 Å². The first-order valence-electron chi connectivity index (χ1n) is 9.45. The molecule has 0 saturated carbocycles. The van der Waals surface area contributed by atoms with Gasteiger partial charge in [-0.1, -0.05) is 43.7 Å². The van der Waals surface area contributed by atoms with Gasteiger partial charge in [0.1, 0.15) is 17.4 Å². The van der Waals surface area contributed by atoms with Crippen molar-refractivity contribution in [3.05, 3.63) is 71.7 Å². The van der Waals surface area contributed by atoms with E-state index in [1.807, 2.05) is 12.3 Å². The summed E-state index contributed by atoms with van der Waals surface area (Å²) in [6.07, 6.45) is 6.16. The van der Waals surface area contributed by atoms with Gasteiger partial charge in [0.2, 0.25) is 0 Å². The predicted molar refractivity (Wildman–Crippen MR) is 105 cm³/mol. The summed E-state index contributed by atoms with van der Waals surface area (Å²) in [5.41, 5.74) is 3.80. The maximum atomic E-state index is 5.88. The Kier molecular flexibility index (Phi) is 4.91. The third-order valence-electron chi connectivity index (χ3n) is 4.83. The summed E-state index contributed by atoms with van der Waals surface area (Å²) in [4.78, 5) is 4.62. The molecule has 0 spiro atoms. The fourth-order valence-corrected chi connectivity index (χ4v) is 3.40. The standard InChI is InChI=1S/C22H25N3O/c1-2-3-13-26-19-10-11-20-18(14-19)9-12-21-24-16-22(25(20)21)23-15-17-7-5-4-6-8-17/h4-8,10-11,14,16,23H,2-3,9,12-13,15H2,1H3. The summed E-state index contributed by atoms with van der Waals surface area (Å²) in [6, 6.07) is 16.9. The van der Waals surface area contributed by atoms with E-state index in [2.05, 4.69) is 64.3 Å². The number of rotatable bonds is 7. The molecule has 1 aliphatic heterocycles. The Morgan fingerprint density at radius 2 is 2.00 bits per heavy atom. The molecule has 0 amide bonds. The predicted octanol–water partition coefficient (Wildman–Crippen LogP) is 4.76. The fraction of sp³-hybridized carbons (Fsp3) is 0.318. The van der Waals surface area contributed by atoms with Crippen molar-refractivity contribution in [3.63, 3.8) is 0 Å². The van der Waals surface area contributed by atoms with E-state index in [4.69, 9.17) is 4.74 Å². The van der Waals surface area contributed by atoms with Gasteiger partial charge in [0.15, 0.2) is 0 Å². The minimum atomic E-state index is 0.787. The van der Waals surface area contributed by atoms with Crippen molar-refractivity contribution in [2.75, 3.05) is 11.9 Å². The summed E-state index contributed by atoms with van der Waals surface area (Å²) in [7, 11) is 0. The lowest BCUT2D eigenvalue weighted by molar-refractivity contribution is 0.309. The van der Waals surface area contributed by atoms with E-state index in [0.29, 0.717) is 0 Å². The first-order chi connectivity index (χ1) is 12.8. The van der Waals surface area contributed by atoms with Crippen LogP contribution >= 0.6 is 0 Å². The highest BCUT2D eigenvalue weighted by molar-refractivity contribution is 5.55. The maximum absolute atomic E-state index is 5.88. The Balaban J connectivity index is 1.55. The van der Waals surface area contributed by atoms with E-state index in [1.54, 1.807) is 0 Å². The SMILES string of the molecule is CCCCOc1ccc2c(c1)CCc1ncc(NCc3ccccc3)n1-2. The Morgan fingerprint density at radius 1 is 1.12 bits per heavy atom. The molecule has 4 nitrogen and oxygen atoms in total. The number of anilines is 1. The third-order valence-corrected chi connectivity index (χ3v) is 4.83. The van der Waals surface area contributed by atoms with Crippen LogP contribution in [-0.2, 0) is 19.4 Å². The quantitative estimate of drug-likeness (QED) is 0.626. The van der Waals surface area contributed by atoms with E-state index < -0.39 is 0 Å². The molecule has 26 heavy (non-hydrogen) atoms. The molecule has 1 aromatic heterocycles. The molecule has 2 heterocycles. The molecule has 1 N–H and O–H groups in total. The van der Waals surface area contributed by atoms with E-state index >= 15 is 0 Å². The molecule has 4 rings (SSSR count). The van der Waals surface area contributed by atoms with E-state index in [0.717, 1.165) is 56.2 Å². The molecule has 3 aromatic rings. The zero-order valence-electron chi connectivity index (χ0n) is 15.2. The van der Waals surface area contributed by atoms with E-state index in [1.165, 1.54) is 16.8 Å². The molecule has 0 aliphatic carbocycles. The van der Waals surface area contributed by atoms with E-state index in [-0.39, 0.29) is 0 Å². The Bertz CT molecular complexity index is 870. The van der Waals surface area contributed by atoms with Crippen LogP contribution in [-0.4, -0.2) is 16.2 Å². The number of hydrogen-bond donors (Lipinski definition) is 1. The molecule has 0 fully saturated rings. The molecular weight excluding hydrogens is 322 g/mol. The number of nitrogens with one attached hydrogen (secondary N) is 1. The van der Waals surface area contributed by atoms with Gasteiger partial charge in [0, 0.05) is 13.0 Å². The van der Waals surface area contributed by atoms with Gasteiger partial charge in [-0.25, -0.2) is 4.98 Å². The first-order valence-corrected chi connectivity index (χ1v) is 9.45. The number of nitrogens with zero attached hydrogens (tertiary/aromatic N) is 2. The smallest absolute Gasteiger partial charge is 0.131 e. The van der Waals surface area contributed by atoms with Gasteiger partial charge < -0.3 is 10.1 Å². The summed E-state index contributed by atoms with van der Waals surface area (Å²) in [5, 5.41) is 3.54. The Morgan fingerprint density at radius 3 is 2.85 bits per heavy atom. The van der Waals surface area contributed by atoms with Crippen molar-refractivity contribution in [3.8, 4) is 11.4 Å². The van der Waals surface area contributed by atoms with Crippen molar-refractivity contribution >= 4 is 5.82 Å². The van der Waals surface area contributed by atoms with Gasteiger partial charge in [-0.2, -0.15) is 0 Å². The lowest BCUT2D eigenvalue weighted by Gasteiger charge is -2.22. The number of aryl methyl sites for hydroxylation is 2. The zero-order chi connectivity index (χ0) is 17.8. The van der Waals surface area contributed by atoms with Crippen molar-refractivity contribution in [2.24, 2.45) is 0 Å². The van der Waals surface area contributed by atoms with Gasteiger partial charge in [-0.05, 0) is 42.2 Å². The number of ether oxygens (including phenoxy) is 1. The molecular formula is C22H25N3O. The average Bonchev–Trinajstić information content (AvgIpc) is 3.11. The number of aromatic nitrogens is 2. The molecule has 0 radical (unpaired) electrons. The molecule has 2 aromatic carbocycles. The highest BCUT2D eigenvalue weighted by Crippen LogP contribution is 2.31. The van der Waals surface area contributed by atoms with Crippen LogP contribution in [0.5, 0.6) is 5.75 Å². The van der Waals surface area contributed by atoms with Crippen LogP contribution in [0.15, 0.2) is 54.7 Å². The number of hydrogen-bond acceptors (Lipinski definition) is 3. The molecule has 0 saturated heterocycles. The van der Waals surface area contributed by atoms with Gasteiger partial charge >= 0.3 is 0 Å². The maximum Gasteiger partial charge on any atom is 0.131 e. The number of imidazole rings is 1. The second-order valence-corrected chi connectivity index (χ2v) is 6.73. The summed E-state index contributed by atoms with van der Waals surface area (Å²) in [5.74, 6) is 3.14. The van der Waals surface area contributed by atoms with Crippen molar-refractivity contribution in [2.45, 2.75) is 39.2 Å². The number of fused-ring (bicyclic) bond motifs is 3. The third kappa shape index (κ3) is 3.45. The first kappa shape index (κ1) is 16.7. The normalized spacial score (nSPS) is 12.3. The van der Waals surface area contributed by atoms with Gasteiger partial charge in [-0.3, -0.25) is 4.57 Å². The largest absolute Gasteiger partial charge is 0.494 e. The summed E-state index contributed by atoms with van der Waals surface area (Å²) >= 11 is 0. The van der Waals surface area contributed by atoms with Crippen LogP contribution < -0.4 is 10.1 Å². The molecule has 0 atom stereocenters. The topological polar surface area (TPSA) is 39.1 Å². The minimum Gasteiger partial charge on any atom is -0.494 e. The minimum absolute atomic E-state index is 0.787. The zero-order valence-corrected chi connectivity index (χ0v) is 15.2. The van der Waals surface area contributed by atoms with Crippen LogP contribution in [0.2, 0.25) is 0 Å². The summed E-state index contributed by atoms with van der Waals surface area (Å²) in [6.45, 7) is 3.76. The molecule has 0 bridgehead atoms. The average molecular weight is 347 g/mol. The Hall–Kier alpha value is -2.75. The molecule has 134 valence electrons. The van der Waals surface area contributed by atoms with E-state index in [9.17, 15) is 0 Å². The summed E-state index contributed by atoms with van der Waals surface area (Å²) < 4.78 is 8.12. The second-order valence-electron chi connectivity index (χ2n) is 6.73. The van der Waals surface area contributed by atoms with Crippen LogP contribution in [0.3, 0.4) is 0 Å². The van der Waals surface area contributed by atoms with Crippen molar-refractivity contribution < 1.29 is 4.74 Å². The van der Waals surface area contributed by atoms with Crippen molar-refractivity contribution in [1.82, 2.24) is 9.55 Å².